The first-order valence-electron chi connectivity index (χ1n) is 0. The standard InChI is InChI=1S/Cr.Fe.Nb.Ni. The van der Waals surface area contributed by atoms with Crippen LogP contribution in [0.5, 0.6) is 0 Å². The Hall–Kier alpha value is 2.29. The maximum absolute atomic E-state index is 0. The number of hydrogen-bond acceptors (Lipinski definition) is 0. The Bertz CT molecular complexity index is 8.00. The van der Waals surface area contributed by atoms with E-state index >= 15 is 0 Å². The van der Waals surface area contributed by atoms with Gasteiger partial charge in [-0.3, -0.25) is 0 Å². The molecule has 0 amide bonds. The molecule has 1 radical (unpaired) electrons. The second-order valence-electron chi connectivity index (χ2n) is 0. The Labute approximate surface area is 72.5 Å². The quantitative estimate of drug-likeness (QED) is 0.537. The van der Waals surface area contributed by atoms with Crippen LogP contribution in [0.3, 0.4) is 0 Å². The molecule has 0 aliphatic rings. The van der Waals surface area contributed by atoms with Crippen LogP contribution in [0.25, 0.3) is 0 Å². The zero-order valence-corrected chi connectivity index (χ0v) is 7.09. The fraction of sp³-hybridized carbons (Fsp3) is 0. The van der Waals surface area contributed by atoms with Crippen LogP contribution >= 0.6 is 0 Å². The molecule has 0 atom stereocenters. The molecule has 0 aliphatic carbocycles. The Morgan fingerprint density at radius 2 is 1.00 bits per heavy atom. The van der Waals surface area contributed by atoms with Gasteiger partial charge >= 0.3 is 0 Å². The van der Waals surface area contributed by atoms with E-state index in [1.807, 2.05) is 0 Å². The first-order valence-corrected chi connectivity index (χ1v) is 0. The molecule has 0 saturated carbocycles. The van der Waals surface area contributed by atoms with Crippen molar-refractivity contribution in [2.24, 2.45) is 0 Å². The van der Waals surface area contributed by atoms with Crippen LogP contribution in [0.1, 0.15) is 0 Å². The molecule has 0 spiro atoms. The predicted octanol–water partition coefficient (Wildman–Crippen LogP) is -0.0100. The minimum Gasteiger partial charge on any atom is 0 e. The Morgan fingerprint density at radius 1 is 1.00 bits per heavy atom. The number of hydrogen-bond donors (Lipinski definition) is 0. The van der Waals surface area contributed by atoms with Crippen LogP contribution < -0.4 is 0 Å². The summed E-state index contributed by atoms with van der Waals surface area (Å²) in [4.78, 5) is 0. The second kappa shape index (κ2) is 18.6. The fourth-order valence-corrected chi connectivity index (χ4v) is 0. The Balaban J connectivity index is 0. The normalized spacial score (nSPS) is 0. The molecular weight excluding hydrogens is 259 g/mol. The topological polar surface area (TPSA) is 0 Å². The van der Waals surface area contributed by atoms with Crippen molar-refractivity contribution in [2.45, 2.75) is 0 Å². The molecule has 29 valence electrons. The zero-order chi connectivity index (χ0) is 0. The monoisotopic (exact) mass is 259 g/mol. The molecule has 0 saturated heterocycles. The molecule has 0 bridgehead atoms. The van der Waals surface area contributed by atoms with Crippen molar-refractivity contribution in [1.82, 2.24) is 0 Å². The summed E-state index contributed by atoms with van der Waals surface area (Å²) in [5, 5.41) is 0. The van der Waals surface area contributed by atoms with Crippen molar-refractivity contribution in [3.8, 4) is 0 Å². The smallest absolute Gasteiger partial charge is 0 e. The summed E-state index contributed by atoms with van der Waals surface area (Å²) in [5.41, 5.74) is 0. The van der Waals surface area contributed by atoms with E-state index in [4.69, 9.17) is 0 Å². The minimum atomic E-state index is 0. The van der Waals surface area contributed by atoms with E-state index < -0.39 is 0 Å². The van der Waals surface area contributed by atoms with E-state index in [9.17, 15) is 0 Å². The average molecular weight is 259 g/mol. The van der Waals surface area contributed by atoms with Crippen LogP contribution in [-0.2, 0) is 73.3 Å². The molecule has 0 aromatic rings. The van der Waals surface area contributed by atoms with Crippen molar-refractivity contribution in [3.63, 3.8) is 0 Å². The van der Waals surface area contributed by atoms with E-state index in [-0.39, 0.29) is 73.3 Å². The molecular formula is CrFeNbNi. The predicted molar refractivity (Wildman–Crippen MR) is 0 cm³/mol. The third kappa shape index (κ3) is 8.86. The van der Waals surface area contributed by atoms with Crippen LogP contribution in [0.2, 0.25) is 0 Å². The molecule has 0 aromatic carbocycles. The van der Waals surface area contributed by atoms with Gasteiger partial charge in [-0.2, -0.15) is 0 Å². The zero-order valence-electron chi connectivity index (χ0n) is 1.53. The van der Waals surface area contributed by atoms with Gasteiger partial charge in [0.1, 0.15) is 0 Å². The van der Waals surface area contributed by atoms with Crippen molar-refractivity contribution in [3.05, 3.63) is 0 Å². The van der Waals surface area contributed by atoms with E-state index in [2.05, 4.69) is 0 Å². The van der Waals surface area contributed by atoms with E-state index in [1.54, 1.807) is 0 Å². The van der Waals surface area contributed by atoms with Gasteiger partial charge in [0.2, 0.25) is 0 Å². The first kappa shape index (κ1) is 33.6. The summed E-state index contributed by atoms with van der Waals surface area (Å²) in [7, 11) is 0. The number of rotatable bonds is 0. The van der Waals surface area contributed by atoms with Gasteiger partial charge in [-0.25, -0.2) is 0 Å². The van der Waals surface area contributed by atoms with Gasteiger partial charge in [-0.15, -0.1) is 0 Å². The summed E-state index contributed by atoms with van der Waals surface area (Å²) in [6.45, 7) is 0. The Kier molecular flexibility index (Phi) is 156. The molecule has 0 unspecified atom stereocenters. The second-order valence-corrected chi connectivity index (χ2v) is 0. The van der Waals surface area contributed by atoms with Crippen LogP contribution in [0, 0.1) is 0 Å². The maximum Gasteiger partial charge on any atom is 0 e. The molecule has 4 heavy (non-hydrogen) atoms. The van der Waals surface area contributed by atoms with Crippen LogP contribution in [0.15, 0.2) is 0 Å². The molecule has 4 heteroatoms. The van der Waals surface area contributed by atoms with Gasteiger partial charge in [0.25, 0.3) is 0 Å². The SMILES string of the molecule is [Cr].[Fe].[Nb].[Ni]. The molecule has 0 aliphatic heterocycles. The van der Waals surface area contributed by atoms with Gasteiger partial charge in [0.05, 0.1) is 0 Å². The molecule has 0 N–H and O–H groups in total. The van der Waals surface area contributed by atoms with Gasteiger partial charge in [0, 0.05) is 73.3 Å². The molecule has 0 nitrogen and oxygen atoms in total. The van der Waals surface area contributed by atoms with E-state index in [1.165, 1.54) is 0 Å². The maximum atomic E-state index is 0. The minimum absolute atomic E-state index is 0. The molecule has 0 heterocycles. The summed E-state index contributed by atoms with van der Waals surface area (Å²) in [6.07, 6.45) is 0. The molecule has 0 rings (SSSR count). The molecule has 0 aromatic heterocycles. The Morgan fingerprint density at radius 3 is 1.00 bits per heavy atom. The van der Waals surface area contributed by atoms with Gasteiger partial charge in [-0.1, -0.05) is 0 Å². The summed E-state index contributed by atoms with van der Waals surface area (Å²) >= 11 is 0. The summed E-state index contributed by atoms with van der Waals surface area (Å²) in [5.74, 6) is 0. The third-order valence-electron chi connectivity index (χ3n) is 0. The van der Waals surface area contributed by atoms with Crippen molar-refractivity contribution >= 4 is 0 Å². The largest absolute Gasteiger partial charge is 0 e. The van der Waals surface area contributed by atoms with Crippen molar-refractivity contribution in [1.29, 1.82) is 0 Å². The fourth-order valence-electron chi connectivity index (χ4n) is 0. The summed E-state index contributed by atoms with van der Waals surface area (Å²) in [6, 6.07) is 0. The molecule has 0 fully saturated rings. The van der Waals surface area contributed by atoms with Crippen molar-refractivity contribution in [2.75, 3.05) is 0 Å². The first-order chi connectivity index (χ1) is 0. The van der Waals surface area contributed by atoms with Gasteiger partial charge in [-0.05, 0) is 0 Å². The van der Waals surface area contributed by atoms with Crippen LogP contribution in [0.4, 0.5) is 0 Å². The van der Waals surface area contributed by atoms with Gasteiger partial charge in [0.15, 0.2) is 0 Å². The van der Waals surface area contributed by atoms with E-state index in [0.717, 1.165) is 0 Å². The van der Waals surface area contributed by atoms with Gasteiger partial charge < -0.3 is 0 Å². The van der Waals surface area contributed by atoms with Crippen molar-refractivity contribution < 1.29 is 73.3 Å². The third-order valence-corrected chi connectivity index (χ3v) is 0. The van der Waals surface area contributed by atoms with E-state index in [0.29, 0.717) is 0 Å². The summed E-state index contributed by atoms with van der Waals surface area (Å²) < 4.78 is 0. The average Bonchev–Trinajstić information content (AvgIpc) is 0. The van der Waals surface area contributed by atoms with Crippen LogP contribution in [-0.4, -0.2) is 0 Å².